The number of carbonyl (C=O) groups excluding carboxylic acids is 1. The van der Waals surface area contributed by atoms with Crippen molar-refractivity contribution in [2.45, 2.75) is 13.8 Å². The van der Waals surface area contributed by atoms with Gasteiger partial charge in [0.05, 0.1) is 12.8 Å². The summed E-state index contributed by atoms with van der Waals surface area (Å²) in [4.78, 5) is 11.8. The summed E-state index contributed by atoms with van der Waals surface area (Å²) in [5.41, 5.74) is 1.35. The van der Waals surface area contributed by atoms with Crippen molar-refractivity contribution in [3.05, 3.63) is 35.4 Å². The Labute approximate surface area is 101 Å². The van der Waals surface area contributed by atoms with Gasteiger partial charge in [0.1, 0.15) is 17.4 Å². The molecule has 1 aromatic rings. The van der Waals surface area contributed by atoms with Crippen molar-refractivity contribution in [2.24, 2.45) is 0 Å². The number of hydrogen-bond donors (Lipinski definition) is 1. The Morgan fingerprint density at radius 2 is 2.00 bits per heavy atom. The van der Waals surface area contributed by atoms with E-state index in [2.05, 4.69) is 5.32 Å². The molecule has 1 amide bonds. The number of amides is 1. The molecule has 0 radical (unpaired) electrons. The molecule has 0 fully saturated rings. The van der Waals surface area contributed by atoms with Gasteiger partial charge in [-0.1, -0.05) is 17.7 Å². The number of benzene rings is 1. The topological polar surface area (TPSA) is 62.1 Å². The van der Waals surface area contributed by atoms with Gasteiger partial charge in [-0.2, -0.15) is 5.26 Å². The summed E-state index contributed by atoms with van der Waals surface area (Å²) >= 11 is 0. The first kappa shape index (κ1) is 12.8. The van der Waals surface area contributed by atoms with Gasteiger partial charge in [-0.3, -0.25) is 4.79 Å². The Bertz CT molecular complexity index is 494. The van der Waals surface area contributed by atoms with Crippen molar-refractivity contribution < 1.29 is 9.53 Å². The highest BCUT2D eigenvalue weighted by atomic mass is 16.5. The van der Waals surface area contributed by atoms with Crippen molar-refractivity contribution in [1.82, 2.24) is 0 Å². The first-order valence-electron chi connectivity index (χ1n) is 5.12. The van der Waals surface area contributed by atoms with E-state index in [1.165, 1.54) is 7.11 Å². The second-order valence-corrected chi connectivity index (χ2v) is 3.64. The van der Waals surface area contributed by atoms with Crippen LogP contribution in [0.25, 0.3) is 0 Å². The maximum atomic E-state index is 11.8. The fourth-order valence-corrected chi connectivity index (χ4v) is 1.32. The highest BCUT2D eigenvalue weighted by Crippen LogP contribution is 2.23. The lowest BCUT2D eigenvalue weighted by Gasteiger charge is -2.09. The summed E-state index contributed by atoms with van der Waals surface area (Å²) in [6.45, 7) is 3.45. The van der Waals surface area contributed by atoms with Crippen LogP contribution in [-0.4, -0.2) is 13.0 Å². The maximum absolute atomic E-state index is 11.8. The minimum absolute atomic E-state index is 0.121. The molecule has 88 valence electrons. The summed E-state index contributed by atoms with van der Waals surface area (Å²) in [5, 5.41) is 11.5. The highest BCUT2D eigenvalue weighted by molar-refractivity contribution is 6.07. The van der Waals surface area contributed by atoms with Crippen molar-refractivity contribution >= 4 is 11.6 Å². The molecule has 4 heteroatoms. The van der Waals surface area contributed by atoms with Crippen LogP contribution < -0.4 is 10.1 Å². The molecular weight excluding hydrogens is 216 g/mol. The average molecular weight is 230 g/mol. The molecule has 0 heterocycles. The highest BCUT2D eigenvalue weighted by Gasteiger charge is 2.12. The maximum Gasteiger partial charge on any atom is 0.266 e. The van der Waals surface area contributed by atoms with Crippen LogP contribution in [-0.2, 0) is 4.79 Å². The fourth-order valence-electron chi connectivity index (χ4n) is 1.32. The van der Waals surface area contributed by atoms with Crippen LogP contribution in [0.15, 0.2) is 35.4 Å². The minimum Gasteiger partial charge on any atom is -0.495 e. The Kier molecular flexibility index (Phi) is 4.29. The molecular formula is C13H14N2O2. The number of hydrogen-bond acceptors (Lipinski definition) is 3. The zero-order valence-electron chi connectivity index (χ0n) is 10.1. The smallest absolute Gasteiger partial charge is 0.266 e. The van der Waals surface area contributed by atoms with E-state index in [0.717, 1.165) is 0 Å². The third-order valence-corrected chi connectivity index (χ3v) is 2.19. The molecule has 0 aromatic heterocycles. The Balaban J connectivity index is 2.97. The average Bonchev–Trinajstić information content (AvgIpc) is 2.30. The molecule has 4 nitrogen and oxygen atoms in total. The molecule has 0 saturated heterocycles. The summed E-state index contributed by atoms with van der Waals surface area (Å²) in [6, 6.07) is 8.94. The zero-order chi connectivity index (χ0) is 12.8. The quantitative estimate of drug-likeness (QED) is 0.641. The number of nitrogens with zero attached hydrogens (tertiary/aromatic N) is 1. The number of methoxy groups -OCH3 is 1. The Morgan fingerprint density at radius 1 is 1.35 bits per heavy atom. The Hall–Kier alpha value is -2.28. The van der Waals surface area contributed by atoms with E-state index in [0.29, 0.717) is 17.0 Å². The van der Waals surface area contributed by atoms with E-state index in [9.17, 15) is 4.79 Å². The predicted octanol–water partition coefficient (Wildman–Crippen LogP) is 2.49. The van der Waals surface area contributed by atoms with E-state index in [1.54, 1.807) is 38.1 Å². The van der Waals surface area contributed by atoms with Gasteiger partial charge in [0.15, 0.2) is 0 Å². The summed E-state index contributed by atoms with van der Waals surface area (Å²) in [7, 11) is 1.52. The monoisotopic (exact) mass is 230 g/mol. The van der Waals surface area contributed by atoms with Crippen LogP contribution in [0.5, 0.6) is 5.75 Å². The third kappa shape index (κ3) is 3.08. The lowest BCUT2D eigenvalue weighted by molar-refractivity contribution is -0.112. The Morgan fingerprint density at radius 3 is 2.53 bits per heavy atom. The van der Waals surface area contributed by atoms with Crippen LogP contribution in [0.4, 0.5) is 5.69 Å². The fraction of sp³-hybridized carbons (Fsp3) is 0.231. The molecule has 1 N–H and O–H groups in total. The van der Waals surface area contributed by atoms with Crippen LogP contribution in [0, 0.1) is 11.3 Å². The lowest BCUT2D eigenvalue weighted by Crippen LogP contribution is -2.15. The molecule has 1 rings (SSSR count). The minimum atomic E-state index is -0.419. The van der Waals surface area contributed by atoms with E-state index >= 15 is 0 Å². The van der Waals surface area contributed by atoms with Gasteiger partial charge in [0.25, 0.3) is 5.91 Å². The van der Waals surface area contributed by atoms with E-state index in [4.69, 9.17) is 10.00 Å². The number of nitrogens with one attached hydrogen (secondary N) is 1. The molecule has 0 bridgehead atoms. The van der Waals surface area contributed by atoms with E-state index in [-0.39, 0.29) is 5.57 Å². The lowest BCUT2D eigenvalue weighted by atomic mass is 10.1. The van der Waals surface area contributed by atoms with E-state index in [1.807, 2.05) is 6.07 Å². The molecule has 0 spiro atoms. The van der Waals surface area contributed by atoms with Gasteiger partial charge < -0.3 is 10.1 Å². The molecule has 0 unspecified atom stereocenters. The van der Waals surface area contributed by atoms with Crippen molar-refractivity contribution in [3.63, 3.8) is 0 Å². The SMILES string of the molecule is COc1ccccc1NC(=O)C(C#N)=C(C)C. The van der Waals surface area contributed by atoms with Crippen molar-refractivity contribution in [2.75, 3.05) is 12.4 Å². The van der Waals surface area contributed by atoms with Gasteiger partial charge >= 0.3 is 0 Å². The summed E-state index contributed by atoms with van der Waals surface area (Å²) < 4.78 is 5.11. The second kappa shape index (κ2) is 5.71. The van der Waals surface area contributed by atoms with Gasteiger partial charge in [-0.15, -0.1) is 0 Å². The first-order valence-corrected chi connectivity index (χ1v) is 5.12. The predicted molar refractivity (Wildman–Crippen MR) is 65.6 cm³/mol. The molecule has 0 aliphatic heterocycles. The van der Waals surface area contributed by atoms with Gasteiger partial charge in [-0.25, -0.2) is 0 Å². The van der Waals surface area contributed by atoms with Crippen LogP contribution in [0.3, 0.4) is 0 Å². The number of rotatable bonds is 3. The molecule has 0 saturated carbocycles. The molecule has 0 atom stereocenters. The van der Waals surface area contributed by atoms with Gasteiger partial charge in [0, 0.05) is 0 Å². The molecule has 0 aliphatic rings. The van der Waals surface area contributed by atoms with Gasteiger partial charge in [-0.05, 0) is 26.0 Å². The molecule has 0 aliphatic carbocycles. The van der Waals surface area contributed by atoms with Crippen LogP contribution in [0.2, 0.25) is 0 Å². The first-order chi connectivity index (χ1) is 8.10. The largest absolute Gasteiger partial charge is 0.495 e. The number of anilines is 1. The second-order valence-electron chi connectivity index (χ2n) is 3.64. The molecule has 1 aromatic carbocycles. The van der Waals surface area contributed by atoms with E-state index < -0.39 is 5.91 Å². The number of para-hydroxylation sites is 2. The van der Waals surface area contributed by atoms with Crippen molar-refractivity contribution in [3.8, 4) is 11.8 Å². The van der Waals surface area contributed by atoms with Crippen LogP contribution in [0.1, 0.15) is 13.8 Å². The molecule has 17 heavy (non-hydrogen) atoms. The number of allylic oxidation sites excluding steroid dienone is 1. The van der Waals surface area contributed by atoms with Gasteiger partial charge in [0.2, 0.25) is 0 Å². The summed E-state index contributed by atoms with van der Waals surface area (Å²) in [5.74, 6) is 0.142. The number of nitriles is 1. The third-order valence-electron chi connectivity index (χ3n) is 2.19. The van der Waals surface area contributed by atoms with Crippen molar-refractivity contribution in [1.29, 1.82) is 5.26 Å². The normalized spacial score (nSPS) is 9.06. The number of ether oxygens (including phenoxy) is 1. The standard InChI is InChI=1S/C13H14N2O2/c1-9(2)10(8-14)13(16)15-11-6-4-5-7-12(11)17-3/h4-7H,1-3H3,(H,15,16). The van der Waals surface area contributed by atoms with Crippen LogP contribution >= 0.6 is 0 Å². The summed E-state index contributed by atoms with van der Waals surface area (Å²) in [6.07, 6.45) is 0. The number of carbonyl (C=O) groups is 1. The zero-order valence-corrected chi connectivity index (χ0v) is 10.1.